The van der Waals surface area contributed by atoms with Crippen molar-refractivity contribution in [3.63, 3.8) is 0 Å². The molecule has 2 aromatic carbocycles. The first-order valence-electron chi connectivity index (χ1n) is 8.13. The third-order valence-corrected chi connectivity index (χ3v) is 4.89. The molecule has 0 bridgehead atoms. The Balaban J connectivity index is 1.88. The van der Waals surface area contributed by atoms with Gasteiger partial charge in [0.1, 0.15) is 0 Å². The van der Waals surface area contributed by atoms with Crippen molar-refractivity contribution < 1.29 is 17.3 Å². The van der Waals surface area contributed by atoms with Crippen LogP contribution in [0.4, 0.5) is 0 Å². The van der Waals surface area contributed by atoms with Crippen LogP contribution in [0.1, 0.15) is 29.9 Å². The van der Waals surface area contributed by atoms with Crippen LogP contribution in [-0.4, -0.2) is 33.5 Å². The Morgan fingerprint density at radius 3 is 2.04 bits per heavy atom. The highest BCUT2D eigenvalue weighted by molar-refractivity contribution is 7.86. The van der Waals surface area contributed by atoms with Crippen LogP contribution in [0, 0.1) is 0 Å². The molecule has 4 nitrogen and oxygen atoms in total. The molecule has 0 aliphatic carbocycles. The van der Waals surface area contributed by atoms with Crippen LogP contribution in [0.3, 0.4) is 0 Å². The van der Waals surface area contributed by atoms with E-state index in [1.165, 1.54) is 0 Å². The average Bonchev–Trinajstić information content (AvgIpc) is 2.56. The molecule has 0 N–H and O–H groups in total. The molecule has 128 valence electrons. The summed E-state index contributed by atoms with van der Waals surface area (Å²) in [6.45, 7) is 0.501. The zero-order valence-corrected chi connectivity index (χ0v) is 14.5. The average molecular weight is 346 g/mol. The summed E-state index contributed by atoms with van der Waals surface area (Å²) in [5, 5.41) is 0. The van der Waals surface area contributed by atoms with Crippen molar-refractivity contribution in [3.8, 4) is 0 Å². The minimum absolute atomic E-state index is 0.0540. The summed E-state index contributed by atoms with van der Waals surface area (Å²) in [5.74, 6) is 0.0540. The summed E-state index contributed by atoms with van der Waals surface area (Å²) < 4.78 is 34.1. The molecular weight excluding hydrogens is 324 g/mol. The molecule has 2 atom stereocenters. The van der Waals surface area contributed by atoms with E-state index in [4.69, 9.17) is 8.92 Å². The van der Waals surface area contributed by atoms with Gasteiger partial charge in [-0.3, -0.25) is 4.18 Å². The second kappa shape index (κ2) is 7.47. The molecule has 0 radical (unpaired) electrons. The zero-order chi connectivity index (χ0) is 17.0. The number of ether oxygens (including phenoxy) is 1. The fourth-order valence-electron chi connectivity index (χ4n) is 3.31. The Hall–Kier alpha value is -1.69. The summed E-state index contributed by atoms with van der Waals surface area (Å²) in [7, 11) is -3.46. The van der Waals surface area contributed by atoms with E-state index in [1.54, 1.807) is 0 Å². The first-order chi connectivity index (χ1) is 11.5. The molecule has 1 aliphatic rings. The molecule has 0 unspecified atom stereocenters. The number of benzene rings is 2. The fraction of sp³-hybridized carbons (Fsp3) is 0.368. The van der Waals surface area contributed by atoms with Gasteiger partial charge in [-0.2, -0.15) is 8.42 Å². The van der Waals surface area contributed by atoms with Gasteiger partial charge in [0.05, 0.1) is 18.5 Å². The van der Waals surface area contributed by atoms with E-state index in [1.807, 2.05) is 36.4 Å². The van der Waals surface area contributed by atoms with Gasteiger partial charge in [0.15, 0.2) is 0 Å². The molecular formula is C19H22O4S. The lowest BCUT2D eigenvalue weighted by molar-refractivity contribution is -0.0397. The largest absolute Gasteiger partial charge is 0.377 e. The van der Waals surface area contributed by atoms with Gasteiger partial charge in [-0.05, 0) is 17.5 Å². The highest BCUT2D eigenvalue weighted by atomic mass is 32.2. The van der Waals surface area contributed by atoms with E-state index in [2.05, 4.69) is 24.3 Å². The van der Waals surface area contributed by atoms with E-state index < -0.39 is 10.1 Å². The monoisotopic (exact) mass is 346 g/mol. The van der Waals surface area contributed by atoms with Crippen LogP contribution in [-0.2, 0) is 19.0 Å². The fourth-order valence-corrected chi connectivity index (χ4v) is 3.97. The summed E-state index contributed by atoms with van der Waals surface area (Å²) in [5.41, 5.74) is 2.32. The Morgan fingerprint density at radius 2 is 1.54 bits per heavy atom. The quantitative estimate of drug-likeness (QED) is 0.779. The third-order valence-electron chi connectivity index (χ3n) is 4.27. The van der Waals surface area contributed by atoms with Gasteiger partial charge < -0.3 is 4.74 Å². The number of rotatable bonds is 5. The highest BCUT2D eigenvalue weighted by Gasteiger charge is 2.33. The summed E-state index contributed by atoms with van der Waals surface area (Å²) in [6.07, 6.45) is 1.81. The number of hydrogen-bond donors (Lipinski definition) is 0. The van der Waals surface area contributed by atoms with E-state index in [0.717, 1.165) is 17.4 Å². The Morgan fingerprint density at radius 1 is 1.00 bits per heavy atom. The van der Waals surface area contributed by atoms with Gasteiger partial charge in [-0.25, -0.2) is 0 Å². The van der Waals surface area contributed by atoms with Crippen molar-refractivity contribution in [2.24, 2.45) is 0 Å². The second-order valence-electron chi connectivity index (χ2n) is 6.16. The predicted octanol–water partition coefficient (Wildman–Crippen LogP) is 3.34. The molecule has 3 rings (SSSR count). The van der Waals surface area contributed by atoms with Crippen molar-refractivity contribution in [1.82, 2.24) is 0 Å². The van der Waals surface area contributed by atoms with Crippen LogP contribution in [0.2, 0.25) is 0 Å². The molecule has 1 saturated heterocycles. The first kappa shape index (κ1) is 17.1. The molecule has 0 aromatic heterocycles. The Bertz CT molecular complexity index is 704. The lowest BCUT2D eigenvalue weighted by Gasteiger charge is -2.34. The van der Waals surface area contributed by atoms with Gasteiger partial charge in [0, 0.05) is 18.9 Å². The van der Waals surface area contributed by atoms with Crippen LogP contribution in [0.5, 0.6) is 0 Å². The lowest BCUT2D eigenvalue weighted by Crippen LogP contribution is -2.36. The minimum Gasteiger partial charge on any atom is -0.377 e. The van der Waals surface area contributed by atoms with Crippen molar-refractivity contribution >= 4 is 10.1 Å². The van der Waals surface area contributed by atoms with E-state index in [0.29, 0.717) is 19.4 Å². The standard InChI is InChI=1S/C19H22O4S/c1-24(20,21)23-17-12-13-22-18(14-17)19(15-8-4-2-5-9-15)16-10-6-3-7-11-16/h2-11,17-19H,12-14H2,1H3/t17-,18-/m1/s1. The summed E-state index contributed by atoms with van der Waals surface area (Å²) in [6, 6.07) is 20.4. The maximum absolute atomic E-state index is 11.5. The molecule has 1 aliphatic heterocycles. The molecule has 1 heterocycles. The second-order valence-corrected chi connectivity index (χ2v) is 7.76. The molecule has 24 heavy (non-hydrogen) atoms. The minimum atomic E-state index is -3.46. The van der Waals surface area contributed by atoms with Crippen LogP contribution in [0.15, 0.2) is 60.7 Å². The van der Waals surface area contributed by atoms with E-state index in [-0.39, 0.29) is 18.1 Å². The van der Waals surface area contributed by atoms with Crippen molar-refractivity contribution in [1.29, 1.82) is 0 Å². The molecule has 2 aromatic rings. The number of hydrogen-bond acceptors (Lipinski definition) is 4. The van der Waals surface area contributed by atoms with Crippen LogP contribution < -0.4 is 0 Å². The molecule has 0 spiro atoms. The van der Waals surface area contributed by atoms with Gasteiger partial charge >= 0.3 is 0 Å². The first-order valence-corrected chi connectivity index (χ1v) is 9.94. The zero-order valence-electron chi connectivity index (χ0n) is 13.7. The Labute approximate surface area is 143 Å². The van der Waals surface area contributed by atoms with Crippen LogP contribution in [0.25, 0.3) is 0 Å². The van der Waals surface area contributed by atoms with Gasteiger partial charge in [-0.15, -0.1) is 0 Å². The SMILES string of the molecule is CS(=O)(=O)O[C@@H]1CCO[C@@H](C(c2ccccc2)c2ccccc2)C1. The molecule has 5 heteroatoms. The molecule has 0 saturated carbocycles. The normalized spacial score (nSPS) is 21.8. The van der Waals surface area contributed by atoms with E-state index in [9.17, 15) is 8.42 Å². The third kappa shape index (κ3) is 4.44. The maximum atomic E-state index is 11.5. The maximum Gasteiger partial charge on any atom is 0.264 e. The smallest absolute Gasteiger partial charge is 0.264 e. The van der Waals surface area contributed by atoms with Gasteiger partial charge in [0.25, 0.3) is 10.1 Å². The topological polar surface area (TPSA) is 52.6 Å². The van der Waals surface area contributed by atoms with Crippen molar-refractivity contribution in [2.45, 2.75) is 31.0 Å². The predicted molar refractivity (Wildman–Crippen MR) is 93.4 cm³/mol. The Kier molecular flexibility index (Phi) is 5.33. The van der Waals surface area contributed by atoms with Crippen LogP contribution >= 0.6 is 0 Å². The van der Waals surface area contributed by atoms with E-state index >= 15 is 0 Å². The summed E-state index contributed by atoms with van der Waals surface area (Å²) in [4.78, 5) is 0. The molecule has 0 amide bonds. The molecule has 1 fully saturated rings. The highest BCUT2D eigenvalue weighted by Crippen LogP contribution is 2.35. The van der Waals surface area contributed by atoms with Crippen molar-refractivity contribution in [3.05, 3.63) is 71.8 Å². The van der Waals surface area contributed by atoms with Gasteiger partial charge in [-0.1, -0.05) is 60.7 Å². The summed E-state index contributed by atoms with van der Waals surface area (Å²) >= 11 is 0. The lowest BCUT2D eigenvalue weighted by atomic mass is 9.83. The van der Waals surface area contributed by atoms with Crippen molar-refractivity contribution in [2.75, 3.05) is 12.9 Å². The van der Waals surface area contributed by atoms with Gasteiger partial charge in [0.2, 0.25) is 0 Å².